The number of likely N-dealkylation sites (tertiary alicyclic amines) is 1. The van der Waals surface area contributed by atoms with Crippen molar-refractivity contribution in [3.8, 4) is 5.75 Å². The molecule has 2 aliphatic rings. The van der Waals surface area contributed by atoms with Crippen molar-refractivity contribution in [2.24, 2.45) is 0 Å². The molecule has 4 rings (SSSR count). The van der Waals surface area contributed by atoms with E-state index in [0.717, 1.165) is 54.8 Å². The normalized spacial score (nSPS) is 16.8. The van der Waals surface area contributed by atoms with Gasteiger partial charge in [-0.05, 0) is 74.1 Å². The molecule has 5 nitrogen and oxygen atoms in total. The van der Waals surface area contributed by atoms with Crippen LogP contribution < -0.4 is 9.64 Å². The Balaban J connectivity index is 1.75. The predicted molar refractivity (Wildman–Crippen MR) is 118 cm³/mol. The fourth-order valence-electron chi connectivity index (χ4n) is 4.05. The second kappa shape index (κ2) is 8.34. The number of aryl methyl sites for hydroxylation is 2. The average Bonchev–Trinajstić information content (AvgIpc) is 3.35. The molecule has 2 amide bonds. The average molecular weight is 405 g/mol. The number of anilines is 1. The fourth-order valence-corrected chi connectivity index (χ4v) is 4.05. The molecular weight excluding hydrogens is 376 g/mol. The minimum Gasteiger partial charge on any atom is -0.494 e. The highest BCUT2D eigenvalue weighted by molar-refractivity contribution is 6.45. The highest BCUT2D eigenvalue weighted by Gasteiger charge is 2.43. The minimum absolute atomic E-state index is 0.230. The van der Waals surface area contributed by atoms with Crippen LogP contribution in [0, 0.1) is 13.8 Å². The number of amides is 2. The summed E-state index contributed by atoms with van der Waals surface area (Å²) < 4.78 is 5.67. The molecule has 30 heavy (non-hydrogen) atoms. The summed E-state index contributed by atoms with van der Waals surface area (Å²) in [5, 5.41) is 0. The second-order valence-electron chi connectivity index (χ2n) is 8.00. The number of rotatable bonds is 6. The highest BCUT2D eigenvalue weighted by Crippen LogP contribution is 2.37. The molecule has 2 aromatic carbocycles. The summed E-state index contributed by atoms with van der Waals surface area (Å²) in [5.41, 5.74) is 4.59. The Morgan fingerprint density at radius 2 is 1.60 bits per heavy atom. The van der Waals surface area contributed by atoms with E-state index >= 15 is 0 Å². The minimum atomic E-state index is -0.257. The molecule has 0 radical (unpaired) electrons. The van der Waals surface area contributed by atoms with Crippen LogP contribution in [0.25, 0.3) is 5.57 Å². The zero-order valence-corrected chi connectivity index (χ0v) is 17.9. The van der Waals surface area contributed by atoms with Crippen LogP contribution in [0.5, 0.6) is 5.75 Å². The quantitative estimate of drug-likeness (QED) is 0.667. The first-order valence-electron chi connectivity index (χ1n) is 10.7. The van der Waals surface area contributed by atoms with Gasteiger partial charge in [0, 0.05) is 13.1 Å². The molecule has 2 heterocycles. The van der Waals surface area contributed by atoms with Gasteiger partial charge in [0.15, 0.2) is 0 Å². The summed E-state index contributed by atoms with van der Waals surface area (Å²) in [7, 11) is 0. The van der Waals surface area contributed by atoms with Crippen LogP contribution in [-0.2, 0) is 9.59 Å². The van der Waals surface area contributed by atoms with E-state index in [0.29, 0.717) is 23.6 Å². The lowest BCUT2D eigenvalue weighted by Gasteiger charge is -2.20. The van der Waals surface area contributed by atoms with Gasteiger partial charge in [-0.2, -0.15) is 0 Å². The van der Waals surface area contributed by atoms with Crippen LogP contribution in [-0.4, -0.2) is 36.4 Å². The lowest BCUT2D eigenvalue weighted by atomic mass is 10.0. The second-order valence-corrected chi connectivity index (χ2v) is 8.00. The van der Waals surface area contributed by atoms with Crippen LogP contribution >= 0.6 is 0 Å². The van der Waals surface area contributed by atoms with E-state index < -0.39 is 0 Å². The van der Waals surface area contributed by atoms with Gasteiger partial charge in [-0.15, -0.1) is 0 Å². The Bertz CT molecular complexity index is 1000. The zero-order chi connectivity index (χ0) is 21.3. The molecule has 1 saturated heterocycles. The van der Waals surface area contributed by atoms with Crippen molar-refractivity contribution in [1.82, 2.24) is 4.90 Å². The molecule has 2 aromatic rings. The molecule has 1 fully saturated rings. The Morgan fingerprint density at radius 1 is 0.900 bits per heavy atom. The van der Waals surface area contributed by atoms with Gasteiger partial charge in [0.25, 0.3) is 11.8 Å². The first-order valence-corrected chi connectivity index (χ1v) is 10.7. The number of ether oxygens (including phenoxy) is 1. The molecule has 0 aliphatic carbocycles. The van der Waals surface area contributed by atoms with Gasteiger partial charge in [0.05, 0.1) is 17.9 Å². The van der Waals surface area contributed by atoms with Crippen molar-refractivity contribution < 1.29 is 14.3 Å². The first-order chi connectivity index (χ1) is 14.5. The van der Waals surface area contributed by atoms with Gasteiger partial charge < -0.3 is 9.64 Å². The van der Waals surface area contributed by atoms with E-state index in [1.165, 1.54) is 4.90 Å². The van der Waals surface area contributed by atoms with E-state index in [1.54, 1.807) is 0 Å². The fraction of sp³-hybridized carbons (Fsp3) is 0.360. The molecule has 0 saturated carbocycles. The van der Waals surface area contributed by atoms with Crippen molar-refractivity contribution in [2.75, 3.05) is 24.6 Å². The third-order valence-electron chi connectivity index (χ3n) is 5.85. The molecule has 0 spiro atoms. The number of hydrogen-bond donors (Lipinski definition) is 0. The summed E-state index contributed by atoms with van der Waals surface area (Å²) in [4.78, 5) is 30.4. The SMILES string of the molecule is CCCOc1ccc(C2=C(N3CCCC3)C(=O)N(c3ccc(C)c(C)c3)C2=O)cc1. The van der Waals surface area contributed by atoms with Crippen LogP contribution in [0.3, 0.4) is 0 Å². The molecule has 0 N–H and O–H groups in total. The number of benzene rings is 2. The Kier molecular flexibility index (Phi) is 5.62. The third kappa shape index (κ3) is 3.60. The Hall–Kier alpha value is -3.08. The maximum absolute atomic E-state index is 13.5. The monoisotopic (exact) mass is 404 g/mol. The molecule has 0 unspecified atom stereocenters. The van der Waals surface area contributed by atoms with Gasteiger partial charge in [-0.1, -0.05) is 25.1 Å². The lowest BCUT2D eigenvalue weighted by Crippen LogP contribution is -2.34. The number of carbonyl (C=O) groups is 2. The number of carbonyl (C=O) groups excluding carboxylic acids is 2. The van der Waals surface area contributed by atoms with Crippen LogP contribution in [0.4, 0.5) is 5.69 Å². The van der Waals surface area contributed by atoms with E-state index in [1.807, 2.05) is 56.3 Å². The molecular formula is C25H28N2O3. The van der Waals surface area contributed by atoms with Crippen molar-refractivity contribution in [1.29, 1.82) is 0 Å². The standard InChI is InChI=1S/C25H28N2O3/c1-4-15-30-21-11-8-19(9-12-21)22-23(26-13-5-6-14-26)25(29)27(24(22)28)20-10-7-17(2)18(3)16-20/h7-12,16H,4-6,13-15H2,1-3H3. The van der Waals surface area contributed by atoms with Crippen molar-refractivity contribution in [3.63, 3.8) is 0 Å². The van der Waals surface area contributed by atoms with Gasteiger partial charge in [-0.25, -0.2) is 4.90 Å². The topological polar surface area (TPSA) is 49.9 Å². The summed E-state index contributed by atoms with van der Waals surface area (Å²) >= 11 is 0. The molecule has 0 aromatic heterocycles. The number of hydrogen-bond acceptors (Lipinski definition) is 4. The molecule has 2 aliphatic heterocycles. The highest BCUT2D eigenvalue weighted by atomic mass is 16.5. The van der Waals surface area contributed by atoms with Crippen molar-refractivity contribution >= 4 is 23.1 Å². The molecule has 5 heteroatoms. The summed E-state index contributed by atoms with van der Waals surface area (Å²) in [6.45, 7) is 8.33. The van der Waals surface area contributed by atoms with Gasteiger partial charge in [0.2, 0.25) is 0 Å². The maximum atomic E-state index is 13.5. The predicted octanol–water partition coefficient (Wildman–Crippen LogP) is 4.47. The van der Waals surface area contributed by atoms with Crippen molar-refractivity contribution in [3.05, 3.63) is 64.9 Å². The summed E-state index contributed by atoms with van der Waals surface area (Å²) in [6, 6.07) is 13.2. The zero-order valence-electron chi connectivity index (χ0n) is 17.9. The largest absolute Gasteiger partial charge is 0.494 e. The number of imide groups is 1. The smallest absolute Gasteiger partial charge is 0.282 e. The third-order valence-corrected chi connectivity index (χ3v) is 5.85. The van der Waals surface area contributed by atoms with E-state index in [4.69, 9.17) is 4.74 Å². The van der Waals surface area contributed by atoms with Crippen LogP contribution in [0.2, 0.25) is 0 Å². The van der Waals surface area contributed by atoms with E-state index in [9.17, 15) is 9.59 Å². The van der Waals surface area contributed by atoms with E-state index in [2.05, 4.69) is 11.8 Å². The Labute approximate surface area is 177 Å². The van der Waals surface area contributed by atoms with Gasteiger partial charge >= 0.3 is 0 Å². The number of nitrogens with zero attached hydrogens (tertiary/aromatic N) is 2. The van der Waals surface area contributed by atoms with Crippen LogP contribution in [0.15, 0.2) is 48.2 Å². The maximum Gasteiger partial charge on any atom is 0.282 e. The van der Waals surface area contributed by atoms with Gasteiger partial charge in [-0.3, -0.25) is 9.59 Å². The van der Waals surface area contributed by atoms with Crippen LogP contribution in [0.1, 0.15) is 42.9 Å². The summed E-state index contributed by atoms with van der Waals surface area (Å²) in [6.07, 6.45) is 3.00. The van der Waals surface area contributed by atoms with Crippen molar-refractivity contribution in [2.45, 2.75) is 40.0 Å². The Morgan fingerprint density at radius 3 is 2.23 bits per heavy atom. The summed E-state index contributed by atoms with van der Waals surface area (Å²) in [5.74, 6) is 0.283. The molecule has 0 atom stereocenters. The molecule has 0 bridgehead atoms. The first kappa shape index (κ1) is 20.2. The molecule has 156 valence electrons. The lowest BCUT2D eigenvalue weighted by molar-refractivity contribution is -0.120. The van der Waals surface area contributed by atoms with Gasteiger partial charge in [0.1, 0.15) is 11.4 Å². The van der Waals surface area contributed by atoms with E-state index in [-0.39, 0.29) is 11.8 Å².